The van der Waals surface area contributed by atoms with Crippen molar-refractivity contribution in [3.05, 3.63) is 71.9 Å². The fourth-order valence-corrected chi connectivity index (χ4v) is 2.12. The Morgan fingerprint density at radius 1 is 1.00 bits per heavy atom. The molecule has 0 saturated carbocycles. The largest absolute Gasteiger partial charge is 0.487 e. The van der Waals surface area contributed by atoms with Gasteiger partial charge in [0.2, 0.25) is 0 Å². The fourth-order valence-electron chi connectivity index (χ4n) is 2.12. The third-order valence-corrected chi connectivity index (χ3v) is 3.13. The summed E-state index contributed by atoms with van der Waals surface area (Å²) >= 11 is 0. The van der Waals surface area contributed by atoms with Gasteiger partial charge in [-0.15, -0.1) is 0 Å². The molecule has 3 aromatic rings. The van der Waals surface area contributed by atoms with Crippen molar-refractivity contribution in [1.82, 2.24) is 4.98 Å². The highest BCUT2D eigenvalue weighted by molar-refractivity contribution is 5.88. The maximum atomic E-state index is 8.61. The first-order valence-corrected chi connectivity index (χ1v) is 6.61. The molecule has 0 saturated heterocycles. The summed E-state index contributed by atoms with van der Waals surface area (Å²) < 4.78 is 5.87. The SMILES string of the molecule is O/N=C/c1ccc2cccc(OCc3ccccc3)c2n1. The maximum absolute atomic E-state index is 8.61. The lowest BCUT2D eigenvalue weighted by atomic mass is 10.2. The Labute approximate surface area is 122 Å². The lowest BCUT2D eigenvalue weighted by Crippen LogP contribution is -1.97. The van der Waals surface area contributed by atoms with Crippen molar-refractivity contribution in [2.75, 3.05) is 0 Å². The minimum atomic E-state index is 0.486. The van der Waals surface area contributed by atoms with E-state index in [0.717, 1.165) is 16.5 Å². The number of benzene rings is 2. The van der Waals surface area contributed by atoms with Gasteiger partial charge in [-0.25, -0.2) is 4.98 Å². The minimum absolute atomic E-state index is 0.486. The van der Waals surface area contributed by atoms with Crippen molar-refractivity contribution in [2.24, 2.45) is 5.16 Å². The molecule has 0 radical (unpaired) electrons. The number of para-hydroxylation sites is 1. The van der Waals surface area contributed by atoms with Crippen LogP contribution in [0.4, 0.5) is 0 Å². The Hall–Kier alpha value is -2.88. The molecule has 3 rings (SSSR count). The van der Waals surface area contributed by atoms with E-state index in [9.17, 15) is 0 Å². The lowest BCUT2D eigenvalue weighted by molar-refractivity contribution is 0.309. The van der Waals surface area contributed by atoms with E-state index in [1.165, 1.54) is 6.21 Å². The van der Waals surface area contributed by atoms with Gasteiger partial charge in [0.25, 0.3) is 0 Å². The number of pyridine rings is 1. The Balaban J connectivity index is 1.92. The van der Waals surface area contributed by atoms with Crippen LogP contribution in [0.25, 0.3) is 10.9 Å². The van der Waals surface area contributed by atoms with Crippen LogP contribution in [0.2, 0.25) is 0 Å². The predicted molar refractivity (Wildman–Crippen MR) is 81.9 cm³/mol. The molecule has 0 aliphatic heterocycles. The first-order valence-electron chi connectivity index (χ1n) is 6.61. The van der Waals surface area contributed by atoms with Gasteiger partial charge in [-0.3, -0.25) is 0 Å². The number of fused-ring (bicyclic) bond motifs is 1. The van der Waals surface area contributed by atoms with Crippen LogP contribution in [0.5, 0.6) is 5.75 Å². The van der Waals surface area contributed by atoms with Crippen molar-refractivity contribution in [1.29, 1.82) is 0 Å². The van der Waals surface area contributed by atoms with Gasteiger partial charge in [0.05, 0.1) is 11.9 Å². The summed E-state index contributed by atoms with van der Waals surface area (Å²) in [6.07, 6.45) is 1.30. The molecule has 1 aromatic heterocycles. The van der Waals surface area contributed by atoms with Crippen molar-refractivity contribution in [2.45, 2.75) is 6.61 Å². The van der Waals surface area contributed by atoms with Crippen LogP contribution in [0.15, 0.2) is 65.8 Å². The van der Waals surface area contributed by atoms with Gasteiger partial charge >= 0.3 is 0 Å². The van der Waals surface area contributed by atoms with Crippen LogP contribution >= 0.6 is 0 Å². The molecule has 104 valence electrons. The first kappa shape index (κ1) is 13.1. The van der Waals surface area contributed by atoms with E-state index >= 15 is 0 Å². The zero-order valence-corrected chi connectivity index (χ0v) is 11.3. The van der Waals surface area contributed by atoms with E-state index < -0.39 is 0 Å². The number of hydrogen-bond donors (Lipinski definition) is 1. The molecular weight excluding hydrogens is 264 g/mol. The maximum Gasteiger partial charge on any atom is 0.146 e. The molecule has 0 fully saturated rings. The molecule has 0 aliphatic carbocycles. The third kappa shape index (κ3) is 3.00. The summed E-state index contributed by atoms with van der Waals surface area (Å²) in [7, 11) is 0. The van der Waals surface area contributed by atoms with Crippen molar-refractivity contribution < 1.29 is 9.94 Å². The summed E-state index contributed by atoms with van der Waals surface area (Å²) in [6.45, 7) is 0.486. The second-order valence-corrected chi connectivity index (χ2v) is 4.58. The van der Waals surface area contributed by atoms with Gasteiger partial charge in [0, 0.05) is 5.39 Å². The fraction of sp³-hybridized carbons (Fsp3) is 0.0588. The quantitative estimate of drug-likeness (QED) is 0.450. The molecule has 1 heterocycles. The van der Waals surface area contributed by atoms with Gasteiger partial charge in [-0.2, -0.15) is 0 Å². The van der Waals surface area contributed by atoms with E-state index in [1.54, 1.807) is 6.07 Å². The van der Waals surface area contributed by atoms with Gasteiger partial charge < -0.3 is 9.94 Å². The molecule has 2 aromatic carbocycles. The van der Waals surface area contributed by atoms with Crippen LogP contribution in [-0.2, 0) is 6.61 Å². The highest BCUT2D eigenvalue weighted by Crippen LogP contribution is 2.24. The molecule has 0 amide bonds. The zero-order chi connectivity index (χ0) is 14.5. The summed E-state index contributed by atoms with van der Waals surface area (Å²) in [4.78, 5) is 4.44. The molecule has 0 atom stereocenters. The number of hydrogen-bond acceptors (Lipinski definition) is 4. The van der Waals surface area contributed by atoms with E-state index in [1.807, 2.05) is 54.6 Å². The van der Waals surface area contributed by atoms with Gasteiger partial charge in [-0.05, 0) is 17.7 Å². The Morgan fingerprint density at radius 2 is 1.86 bits per heavy atom. The molecule has 4 nitrogen and oxygen atoms in total. The first-order chi connectivity index (χ1) is 10.4. The van der Waals surface area contributed by atoms with Crippen LogP contribution < -0.4 is 4.74 Å². The summed E-state index contributed by atoms with van der Waals surface area (Å²) in [5.74, 6) is 0.713. The highest BCUT2D eigenvalue weighted by Gasteiger charge is 2.05. The van der Waals surface area contributed by atoms with Gasteiger partial charge in [-0.1, -0.05) is 53.7 Å². The number of oxime groups is 1. The molecule has 0 unspecified atom stereocenters. The summed E-state index contributed by atoms with van der Waals surface area (Å²) in [6, 6.07) is 19.5. The molecule has 0 spiro atoms. The molecular formula is C17H14N2O2. The lowest BCUT2D eigenvalue weighted by Gasteiger charge is -2.09. The summed E-state index contributed by atoms with van der Waals surface area (Å²) in [5.41, 5.74) is 2.44. The predicted octanol–water partition coefficient (Wildman–Crippen LogP) is 3.62. The average Bonchev–Trinajstić information content (AvgIpc) is 2.54. The Bertz CT molecular complexity index is 770. The normalized spacial score (nSPS) is 11.0. The van der Waals surface area contributed by atoms with Crippen molar-refractivity contribution >= 4 is 17.1 Å². The molecule has 4 heteroatoms. The summed E-state index contributed by atoms with van der Waals surface area (Å²) in [5, 5.41) is 12.6. The monoisotopic (exact) mass is 278 g/mol. The van der Waals surface area contributed by atoms with E-state index in [-0.39, 0.29) is 0 Å². The molecule has 1 N–H and O–H groups in total. The number of ether oxygens (including phenoxy) is 1. The molecule has 0 aliphatic rings. The molecule has 21 heavy (non-hydrogen) atoms. The standard InChI is InChI=1S/C17H14N2O2/c20-18-11-15-10-9-14-7-4-8-16(17(14)19-15)21-12-13-5-2-1-3-6-13/h1-11,20H,12H2/b18-11+. The zero-order valence-electron chi connectivity index (χ0n) is 11.3. The number of aromatic nitrogens is 1. The van der Waals surface area contributed by atoms with Crippen LogP contribution in [-0.4, -0.2) is 16.4 Å². The van der Waals surface area contributed by atoms with E-state index in [4.69, 9.17) is 9.94 Å². The van der Waals surface area contributed by atoms with Crippen LogP contribution in [0, 0.1) is 0 Å². The smallest absolute Gasteiger partial charge is 0.146 e. The average molecular weight is 278 g/mol. The van der Waals surface area contributed by atoms with Crippen LogP contribution in [0.1, 0.15) is 11.3 Å². The minimum Gasteiger partial charge on any atom is -0.487 e. The van der Waals surface area contributed by atoms with E-state index in [0.29, 0.717) is 18.1 Å². The van der Waals surface area contributed by atoms with Crippen LogP contribution in [0.3, 0.4) is 0 Å². The van der Waals surface area contributed by atoms with Crippen molar-refractivity contribution in [3.8, 4) is 5.75 Å². The number of rotatable bonds is 4. The highest BCUT2D eigenvalue weighted by atomic mass is 16.5. The Morgan fingerprint density at radius 3 is 2.67 bits per heavy atom. The third-order valence-electron chi connectivity index (χ3n) is 3.13. The van der Waals surface area contributed by atoms with Gasteiger partial charge in [0.15, 0.2) is 0 Å². The van der Waals surface area contributed by atoms with Gasteiger partial charge in [0.1, 0.15) is 17.9 Å². The van der Waals surface area contributed by atoms with Crippen molar-refractivity contribution in [3.63, 3.8) is 0 Å². The Kier molecular flexibility index (Phi) is 3.78. The van der Waals surface area contributed by atoms with E-state index in [2.05, 4.69) is 10.1 Å². The topological polar surface area (TPSA) is 54.7 Å². The second-order valence-electron chi connectivity index (χ2n) is 4.58. The second kappa shape index (κ2) is 6.05. The molecule has 0 bridgehead atoms. The number of nitrogens with zero attached hydrogens (tertiary/aromatic N) is 2.